The topological polar surface area (TPSA) is 53.6 Å². The molecule has 2 heterocycles. The number of nitrogens with one attached hydrogen (secondary N) is 1. The highest BCUT2D eigenvalue weighted by atomic mass is 32.1. The molecule has 2 unspecified atom stereocenters. The number of piperidine rings is 1. The lowest BCUT2D eigenvalue weighted by molar-refractivity contribution is 0.128. The molecule has 0 amide bonds. The van der Waals surface area contributed by atoms with Crippen LogP contribution in [-0.2, 0) is 6.42 Å². The normalized spacial score (nSPS) is 22.1. The number of thiophene rings is 1. The quantitative estimate of drug-likeness (QED) is 0.626. The molecule has 25 heavy (non-hydrogen) atoms. The number of likely N-dealkylation sites (tertiary alicyclic amines) is 1. The minimum absolute atomic E-state index is 0.453. The smallest absolute Gasteiger partial charge is 0.193 e. The Balaban J connectivity index is 1.66. The van der Waals surface area contributed by atoms with Crippen molar-refractivity contribution in [2.24, 2.45) is 16.6 Å². The molecular formula is C20H28N4S. The van der Waals surface area contributed by atoms with E-state index in [1.54, 1.807) is 0 Å². The van der Waals surface area contributed by atoms with Gasteiger partial charge in [0.05, 0.1) is 0 Å². The summed E-state index contributed by atoms with van der Waals surface area (Å²) in [5.41, 5.74) is 8.45. The zero-order chi connectivity index (χ0) is 17.6. The molecular weight excluding hydrogens is 328 g/mol. The highest BCUT2D eigenvalue weighted by Gasteiger charge is 2.30. The summed E-state index contributed by atoms with van der Waals surface area (Å²) in [5.74, 6) is 1.02. The van der Waals surface area contributed by atoms with Crippen molar-refractivity contribution in [2.75, 3.05) is 25.5 Å². The fraction of sp³-hybridized carbons (Fsp3) is 0.450. The van der Waals surface area contributed by atoms with Gasteiger partial charge in [0, 0.05) is 23.2 Å². The third-order valence-electron chi connectivity index (χ3n) is 4.95. The summed E-state index contributed by atoms with van der Waals surface area (Å²) in [6.07, 6.45) is 3.45. The Hall–Kier alpha value is -1.85. The van der Waals surface area contributed by atoms with E-state index in [4.69, 9.17) is 5.73 Å². The number of hydrogen-bond acceptors (Lipinski definition) is 3. The van der Waals surface area contributed by atoms with E-state index in [2.05, 4.69) is 64.9 Å². The molecule has 0 radical (unpaired) electrons. The standard InChI is InChI=1S/C20H28N4S/c1-3-15-7-4-9-17(13-15)23-20(21)22-14-16-8-5-11-24(2)19(16)18-10-6-12-25-18/h4,6-7,9-10,12-13,16,19H,3,5,8,11,14H2,1-2H3,(H3,21,22,23). The summed E-state index contributed by atoms with van der Waals surface area (Å²) in [7, 11) is 2.22. The predicted octanol–water partition coefficient (Wildman–Crippen LogP) is 4.12. The van der Waals surface area contributed by atoms with Gasteiger partial charge in [0.25, 0.3) is 0 Å². The van der Waals surface area contributed by atoms with Crippen molar-refractivity contribution < 1.29 is 0 Å². The third-order valence-corrected chi connectivity index (χ3v) is 5.89. The van der Waals surface area contributed by atoms with Gasteiger partial charge in [-0.25, -0.2) is 0 Å². The van der Waals surface area contributed by atoms with Crippen molar-refractivity contribution in [3.8, 4) is 0 Å². The first-order valence-corrected chi connectivity index (χ1v) is 9.95. The van der Waals surface area contributed by atoms with Crippen LogP contribution in [-0.4, -0.2) is 31.0 Å². The second kappa shape index (κ2) is 8.50. The highest BCUT2D eigenvalue weighted by Crippen LogP contribution is 2.37. The fourth-order valence-electron chi connectivity index (χ4n) is 3.63. The Bertz CT molecular complexity index is 695. The number of benzene rings is 1. The summed E-state index contributed by atoms with van der Waals surface area (Å²) < 4.78 is 0. The molecule has 2 aromatic rings. The van der Waals surface area contributed by atoms with E-state index >= 15 is 0 Å². The number of aryl methyl sites for hydroxylation is 1. The molecule has 1 saturated heterocycles. The first-order chi connectivity index (χ1) is 12.2. The summed E-state index contributed by atoms with van der Waals surface area (Å²) >= 11 is 1.84. The summed E-state index contributed by atoms with van der Waals surface area (Å²) in [4.78, 5) is 8.55. The van der Waals surface area contributed by atoms with Gasteiger partial charge in [0.15, 0.2) is 5.96 Å². The molecule has 0 aliphatic carbocycles. The minimum Gasteiger partial charge on any atom is -0.370 e. The zero-order valence-electron chi connectivity index (χ0n) is 15.1. The van der Waals surface area contributed by atoms with Crippen LogP contribution >= 0.6 is 11.3 Å². The molecule has 1 aliphatic rings. The summed E-state index contributed by atoms with van der Waals surface area (Å²) in [6, 6.07) is 13.2. The number of guanidine groups is 1. The molecule has 0 spiro atoms. The van der Waals surface area contributed by atoms with Gasteiger partial charge in [0.1, 0.15) is 0 Å². The van der Waals surface area contributed by atoms with Crippen LogP contribution in [0.4, 0.5) is 5.69 Å². The second-order valence-corrected chi connectivity index (χ2v) is 7.73. The molecule has 134 valence electrons. The van der Waals surface area contributed by atoms with E-state index in [1.165, 1.54) is 23.3 Å². The lowest BCUT2D eigenvalue weighted by Gasteiger charge is -2.38. The van der Waals surface area contributed by atoms with Crippen LogP contribution in [0.25, 0.3) is 0 Å². The van der Waals surface area contributed by atoms with E-state index in [-0.39, 0.29) is 0 Å². The fourth-order valence-corrected chi connectivity index (χ4v) is 4.62. The van der Waals surface area contributed by atoms with Crippen molar-refractivity contribution in [1.82, 2.24) is 4.90 Å². The summed E-state index contributed by atoms with van der Waals surface area (Å²) in [6.45, 7) is 4.07. The third kappa shape index (κ3) is 4.61. The van der Waals surface area contributed by atoms with Crippen LogP contribution in [0.1, 0.15) is 36.2 Å². The average Bonchev–Trinajstić information content (AvgIpc) is 3.14. The molecule has 4 nitrogen and oxygen atoms in total. The molecule has 1 fully saturated rings. The Morgan fingerprint density at radius 2 is 2.24 bits per heavy atom. The summed E-state index contributed by atoms with van der Waals surface area (Å²) in [5, 5.41) is 5.40. The van der Waals surface area contributed by atoms with Gasteiger partial charge < -0.3 is 11.1 Å². The molecule has 1 aromatic carbocycles. The van der Waals surface area contributed by atoms with E-state index in [9.17, 15) is 0 Å². The monoisotopic (exact) mass is 356 g/mol. The lowest BCUT2D eigenvalue weighted by atomic mass is 9.88. The van der Waals surface area contributed by atoms with Crippen molar-refractivity contribution >= 4 is 23.0 Å². The number of hydrogen-bond donors (Lipinski definition) is 2. The molecule has 0 saturated carbocycles. The van der Waals surface area contributed by atoms with Gasteiger partial charge >= 0.3 is 0 Å². The van der Waals surface area contributed by atoms with E-state index in [1.807, 2.05) is 17.4 Å². The SMILES string of the molecule is CCc1cccc(NC(N)=NCC2CCCN(C)C2c2cccs2)c1. The lowest BCUT2D eigenvalue weighted by Crippen LogP contribution is -2.37. The number of anilines is 1. The molecule has 2 atom stereocenters. The molecule has 1 aromatic heterocycles. The first kappa shape index (κ1) is 18.0. The van der Waals surface area contributed by atoms with Crippen LogP contribution < -0.4 is 11.1 Å². The van der Waals surface area contributed by atoms with Crippen molar-refractivity contribution in [3.63, 3.8) is 0 Å². The van der Waals surface area contributed by atoms with Crippen LogP contribution in [0.2, 0.25) is 0 Å². The minimum atomic E-state index is 0.453. The van der Waals surface area contributed by atoms with E-state index in [0.717, 1.165) is 25.2 Å². The second-order valence-electron chi connectivity index (χ2n) is 6.75. The Labute approximate surface area is 154 Å². The molecule has 3 rings (SSSR count). The van der Waals surface area contributed by atoms with Gasteiger partial charge in [-0.3, -0.25) is 9.89 Å². The largest absolute Gasteiger partial charge is 0.370 e. The number of rotatable bonds is 5. The predicted molar refractivity (Wildman–Crippen MR) is 108 cm³/mol. The molecule has 0 bridgehead atoms. The maximum Gasteiger partial charge on any atom is 0.193 e. The molecule has 5 heteroatoms. The van der Waals surface area contributed by atoms with Gasteiger partial charge in [-0.15, -0.1) is 11.3 Å². The zero-order valence-corrected chi connectivity index (χ0v) is 15.9. The maximum atomic E-state index is 6.14. The Kier molecular flexibility index (Phi) is 6.10. The van der Waals surface area contributed by atoms with Gasteiger partial charge in [-0.1, -0.05) is 25.1 Å². The number of aliphatic imine (C=N–C) groups is 1. The first-order valence-electron chi connectivity index (χ1n) is 9.07. The van der Waals surface area contributed by atoms with Crippen molar-refractivity contribution in [2.45, 2.75) is 32.2 Å². The van der Waals surface area contributed by atoms with Crippen LogP contribution in [0.5, 0.6) is 0 Å². The van der Waals surface area contributed by atoms with Gasteiger partial charge in [-0.2, -0.15) is 0 Å². The van der Waals surface area contributed by atoms with Crippen molar-refractivity contribution in [3.05, 3.63) is 52.2 Å². The number of nitrogens with zero attached hydrogens (tertiary/aromatic N) is 2. The molecule has 1 aliphatic heterocycles. The van der Waals surface area contributed by atoms with E-state index < -0.39 is 0 Å². The van der Waals surface area contributed by atoms with Gasteiger partial charge in [-0.05, 0) is 67.9 Å². The van der Waals surface area contributed by atoms with Crippen molar-refractivity contribution in [1.29, 1.82) is 0 Å². The van der Waals surface area contributed by atoms with Crippen LogP contribution in [0.15, 0.2) is 46.8 Å². The van der Waals surface area contributed by atoms with Gasteiger partial charge in [0.2, 0.25) is 0 Å². The van der Waals surface area contributed by atoms with Crippen LogP contribution in [0.3, 0.4) is 0 Å². The highest BCUT2D eigenvalue weighted by molar-refractivity contribution is 7.10. The molecule has 3 N–H and O–H groups in total. The Morgan fingerprint density at radius 3 is 3.00 bits per heavy atom. The average molecular weight is 357 g/mol. The van der Waals surface area contributed by atoms with E-state index in [0.29, 0.717) is 17.9 Å². The van der Waals surface area contributed by atoms with Crippen LogP contribution in [0, 0.1) is 5.92 Å². The maximum absolute atomic E-state index is 6.14. The Morgan fingerprint density at radius 1 is 1.36 bits per heavy atom. The number of nitrogens with two attached hydrogens (primary N) is 1.